The summed E-state index contributed by atoms with van der Waals surface area (Å²) in [7, 11) is 1.43. The third kappa shape index (κ3) is 4.06. The molecular formula is C17H23NO3. The van der Waals surface area contributed by atoms with Crippen molar-refractivity contribution in [2.24, 2.45) is 5.92 Å². The number of hydrogen-bond donors (Lipinski definition) is 1. The van der Waals surface area contributed by atoms with Crippen molar-refractivity contribution < 1.29 is 14.3 Å². The normalized spacial score (nSPS) is 21.7. The van der Waals surface area contributed by atoms with Crippen LogP contribution in [0.4, 0.5) is 0 Å². The molecule has 0 atom stereocenters. The van der Waals surface area contributed by atoms with Crippen molar-refractivity contribution in [3.05, 3.63) is 34.9 Å². The van der Waals surface area contributed by atoms with E-state index in [2.05, 4.69) is 11.4 Å². The lowest BCUT2D eigenvalue weighted by atomic mass is 9.86. The lowest BCUT2D eigenvalue weighted by Gasteiger charge is -2.27. The van der Waals surface area contributed by atoms with Crippen LogP contribution in [0.1, 0.15) is 47.2 Å². The van der Waals surface area contributed by atoms with E-state index in [0.29, 0.717) is 5.56 Å². The molecule has 0 radical (unpaired) electrons. The molecule has 0 bridgehead atoms. The van der Waals surface area contributed by atoms with E-state index in [4.69, 9.17) is 4.74 Å². The van der Waals surface area contributed by atoms with Crippen LogP contribution in [0.5, 0.6) is 0 Å². The van der Waals surface area contributed by atoms with Crippen molar-refractivity contribution in [3.8, 4) is 0 Å². The molecule has 4 heteroatoms. The minimum absolute atomic E-state index is 0.00985. The predicted octanol–water partition coefficient (Wildman–Crippen LogP) is 2.77. The molecule has 1 aromatic carbocycles. The Labute approximate surface area is 125 Å². The van der Waals surface area contributed by atoms with Crippen molar-refractivity contribution in [1.29, 1.82) is 0 Å². The highest BCUT2D eigenvalue weighted by Gasteiger charge is 2.27. The second-order valence-electron chi connectivity index (χ2n) is 5.92. The summed E-state index contributed by atoms with van der Waals surface area (Å²) in [5.74, 6) is -0.165. The molecule has 1 aliphatic carbocycles. The monoisotopic (exact) mass is 289 g/mol. The second kappa shape index (κ2) is 6.74. The van der Waals surface area contributed by atoms with Gasteiger partial charge in [0, 0.05) is 11.6 Å². The molecule has 0 spiro atoms. The van der Waals surface area contributed by atoms with Crippen LogP contribution in [-0.4, -0.2) is 25.0 Å². The van der Waals surface area contributed by atoms with Crippen LogP contribution in [0, 0.1) is 19.8 Å². The summed E-state index contributed by atoms with van der Waals surface area (Å²) in [6, 6.07) is 6.02. The van der Waals surface area contributed by atoms with Gasteiger partial charge < -0.3 is 10.1 Å². The van der Waals surface area contributed by atoms with Crippen molar-refractivity contribution in [2.75, 3.05) is 7.11 Å². The third-order valence-corrected chi connectivity index (χ3v) is 4.08. The van der Waals surface area contributed by atoms with Crippen molar-refractivity contribution in [1.82, 2.24) is 5.32 Å². The summed E-state index contributed by atoms with van der Waals surface area (Å²) in [5.41, 5.74) is 2.90. The molecule has 0 heterocycles. The van der Waals surface area contributed by atoms with E-state index in [1.54, 1.807) is 0 Å². The van der Waals surface area contributed by atoms with Crippen LogP contribution in [0.3, 0.4) is 0 Å². The van der Waals surface area contributed by atoms with E-state index in [9.17, 15) is 9.59 Å². The zero-order valence-corrected chi connectivity index (χ0v) is 12.9. The Hall–Kier alpha value is -1.84. The number of nitrogens with one attached hydrogen (secondary N) is 1. The number of benzene rings is 1. The summed E-state index contributed by atoms with van der Waals surface area (Å²) >= 11 is 0. The van der Waals surface area contributed by atoms with Crippen molar-refractivity contribution in [2.45, 2.75) is 45.6 Å². The number of rotatable bonds is 3. The van der Waals surface area contributed by atoms with Gasteiger partial charge in [-0.1, -0.05) is 17.2 Å². The van der Waals surface area contributed by atoms with Gasteiger partial charge in [-0.25, -0.2) is 0 Å². The van der Waals surface area contributed by atoms with Gasteiger partial charge in [0.05, 0.1) is 13.0 Å². The van der Waals surface area contributed by atoms with E-state index in [1.165, 1.54) is 7.11 Å². The topological polar surface area (TPSA) is 55.4 Å². The standard InChI is InChI=1S/C17H23NO3/c1-11-8-12(2)10-14(9-11)16(19)18-15-6-4-13(5-7-15)17(20)21-3/h8-10,13,15H,4-7H2,1-3H3,(H,18,19). The Kier molecular flexibility index (Phi) is 4.99. The molecule has 0 aliphatic heterocycles. The molecule has 1 fully saturated rings. The first-order chi connectivity index (χ1) is 9.99. The Morgan fingerprint density at radius 2 is 1.62 bits per heavy atom. The molecule has 1 amide bonds. The van der Waals surface area contributed by atoms with Gasteiger partial charge in [0.1, 0.15) is 0 Å². The van der Waals surface area contributed by atoms with Gasteiger partial charge in [-0.2, -0.15) is 0 Å². The van der Waals surface area contributed by atoms with Crippen LogP contribution >= 0.6 is 0 Å². The lowest BCUT2D eigenvalue weighted by Crippen LogP contribution is -2.38. The zero-order valence-electron chi connectivity index (χ0n) is 12.9. The average molecular weight is 289 g/mol. The largest absolute Gasteiger partial charge is 0.469 e. The Balaban J connectivity index is 1.91. The molecule has 4 nitrogen and oxygen atoms in total. The minimum Gasteiger partial charge on any atom is -0.469 e. The summed E-state index contributed by atoms with van der Waals surface area (Å²) < 4.78 is 4.78. The highest BCUT2D eigenvalue weighted by atomic mass is 16.5. The maximum atomic E-state index is 12.3. The molecule has 0 saturated heterocycles. The number of methoxy groups -OCH3 is 1. The quantitative estimate of drug-likeness (QED) is 0.871. The molecular weight excluding hydrogens is 266 g/mol. The van der Waals surface area contributed by atoms with Crippen LogP contribution in [0.15, 0.2) is 18.2 Å². The maximum absolute atomic E-state index is 12.3. The molecule has 1 N–H and O–H groups in total. The number of amides is 1. The molecule has 1 saturated carbocycles. The van der Waals surface area contributed by atoms with Gasteiger partial charge in [-0.3, -0.25) is 9.59 Å². The number of ether oxygens (including phenoxy) is 1. The highest BCUT2D eigenvalue weighted by molar-refractivity contribution is 5.94. The van der Waals surface area contributed by atoms with E-state index < -0.39 is 0 Å². The average Bonchev–Trinajstić information content (AvgIpc) is 2.46. The summed E-state index contributed by atoms with van der Waals surface area (Å²) in [5, 5.41) is 3.08. The fourth-order valence-corrected chi connectivity index (χ4v) is 3.01. The Morgan fingerprint density at radius 1 is 1.05 bits per heavy atom. The van der Waals surface area contributed by atoms with Crippen LogP contribution in [0.2, 0.25) is 0 Å². The molecule has 0 aromatic heterocycles. The molecule has 2 rings (SSSR count). The van der Waals surface area contributed by atoms with Crippen molar-refractivity contribution in [3.63, 3.8) is 0 Å². The Bertz CT molecular complexity index is 511. The highest BCUT2D eigenvalue weighted by Crippen LogP contribution is 2.25. The Morgan fingerprint density at radius 3 is 2.14 bits per heavy atom. The summed E-state index contributed by atoms with van der Waals surface area (Å²) in [6.07, 6.45) is 3.22. The van der Waals surface area contributed by atoms with Gasteiger partial charge in [-0.15, -0.1) is 0 Å². The number of hydrogen-bond acceptors (Lipinski definition) is 3. The minimum atomic E-state index is -0.130. The maximum Gasteiger partial charge on any atom is 0.308 e. The number of carbonyl (C=O) groups excluding carboxylic acids is 2. The van der Waals surface area contributed by atoms with Gasteiger partial charge >= 0.3 is 5.97 Å². The van der Waals surface area contributed by atoms with Crippen molar-refractivity contribution >= 4 is 11.9 Å². The van der Waals surface area contributed by atoms with E-state index in [0.717, 1.165) is 36.8 Å². The van der Waals surface area contributed by atoms with Gasteiger partial charge in [-0.05, 0) is 51.7 Å². The lowest BCUT2D eigenvalue weighted by molar-refractivity contribution is -0.146. The molecule has 114 valence electrons. The van der Waals surface area contributed by atoms with E-state index in [-0.39, 0.29) is 23.8 Å². The number of aryl methyl sites for hydroxylation is 2. The smallest absolute Gasteiger partial charge is 0.308 e. The van der Waals surface area contributed by atoms with E-state index in [1.807, 2.05) is 26.0 Å². The first-order valence-corrected chi connectivity index (χ1v) is 7.46. The fraction of sp³-hybridized carbons (Fsp3) is 0.529. The van der Waals surface area contributed by atoms with E-state index >= 15 is 0 Å². The van der Waals surface area contributed by atoms with Crippen LogP contribution in [-0.2, 0) is 9.53 Å². The predicted molar refractivity (Wildman–Crippen MR) is 81.1 cm³/mol. The second-order valence-corrected chi connectivity index (χ2v) is 5.92. The molecule has 1 aliphatic rings. The van der Waals surface area contributed by atoms with Crippen LogP contribution < -0.4 is 5.32 Å². The number of esters is 1. The zero-order chi connectivity index (χ0) is 15.4. The number of carbonyl (C=O) groups is 2. The first-order valence-electron chi connectivity index (χ1n) is 7.46. The van der Waals surface area contributed by atoms with Gasteiger partial charge in [0.25, 0.3) is 5.91 Å². The third-order valence-electron chi connectivity index (χ3n) is 4.08. The molecule has 21 heavy (non-hydrogen) atoms. The fourth-order valence-electron chi connectivity index (χ4n) is 3.01. The SMILES string of the molecule is COC(=O)C1CCC(NC(=O)c2cc(C)cc(C)c2)CC1. The van der Waals surface area contributed by atoms with Gasteiger partial charge in [0.15, 0.2) is 0 Å². The van der Waals surface area contributed by atoms with Crippen LogP contribution in [0.25, 0.3) is 0 Å². The van der Waals surface area contributed by atoms with Gasteiger partial charge in [0.2, 0.25) is 0 Å². The molecule has 1 aromatic rings. The summed E-state index contributed by atoms with van der Waals surface area (Å²) in [6.45, 7) is 3.98. The first kappa shape index (κ1) is 15.5. The molecule has 0 unspecified atom stereocenters. The summed E-state index contributed by atoms with van der Waals surface area (Å²) in [4.78, 5) is 23.8.